The number of rotatable bonds is 6. The van der Waals surface area contributed by atoms with E-state index in [-0.39, 0.29) is 11.9 Å². The lowest BCUT2D eigenvalue weighted by Crippen LogP contribution is -2.47. The lowest BCUT2D eigenvalue weighted by molar-refractivity contribution is -0.131. The van der Waals surface area contributed by atoms with E-state index in [1.807, 2.05) is 23.9 Å². The summed E-state index contributed by atoms with van der Waals surface area (Å²) in [4.78, 5) is 16.1. The minimum atomic E-state index is -3.15. The first-order chi connectivity index (χ1) is 10.3. The molecule has 0 bridgehead atoms. The Morgan fingerprint density at radius 2 is 2.14 bits per heavy atom. The Labute approximate surface area is 136 Å². The summed E-state index contributed by atoms with van der Waals surface area (Å²) in [5, 5.41) is 4.05. The van der Waals surface area contributed by atoms with Crippen molar-refractivity contribution in [2.45, 2.75) is 25.4 Å². The van der Waals surface area contributed by atoms with Crippen LogP contribution in [0.1, 0.15) is 18.4 Å². The number of hydrogen-bond acceptors (Lipinski definition) is 5. The molecule has 22 heavy (non-hydrogen) atoms. The number of thiophene rings is 1. The Balaban J connectivity index is 1.74. The molecule has 1 N–H and O–H groups in total. The molecule has 1 fully saturated rings. The van der Waals surface area contributed by atoms with Crippen molar-refractivity contribution in [3.63, 3.8) is 0 Å². The maximum Gasteiger partial charge on any atom is 0.236 e. The van der Waals surface area contributed by atoms with Crippen molar-refractivity contribution in [1.29, 1.82) is 0 Å². The van der Waals surface area contributed by atoms with Gasteiger partial charge in [0.15, 0.2) is 0 Å². The Bertz CT molecular complexity index is 578. The normalized spacial score (nSPS) is 17.5. The Morgan fingerprint density at radius 3 is 2.68 bits per heavy atom. The lowest BCUT2D eigenvalue weighted by atomic mass is 10.1. The molecule has 124 valence electrons. The fourth-order valence-electron chi connectivity index (χ4n) is 2.57. The van der Waals surface area contributed by atoms with Crippen molar-refractivity contribution >= 4 is 27.3 Å². The number of amides is 1. The molecule has 0 aliphatic carbocycles. The molecule has 1 aliphatic heterocycles. The van der Waals surface area contributed by atoms with Gasteiger partial charge in [-0.2, -0.15) is 11.3 Å². The predicted molar refractivity (Wildman–Crippen MR) is 88.2 cm³/mol. The van der Waals surface area contributed by atoms with Gasteiger partial charge in [-0.15, -0.1) is 0 Å². The zero-order valence-corrected chi connectivity index (χ0v) is 14.6. The van der Waals surface area contributed by atoms with Gasteiger partial charge in [-0.3, -0.25) is 9.69 Å². The maximum absolute atomic E-state index is 12.2. The summed E-state index contributed by atoms with van der Waals surface area (Å²) in [6.45, 7) is 2.51. The number of piperidine rings is 1. The highest BCUT2D eigenvalue weighted by Gasteiger charge is 2.23. The van der Waals surface area contributed by atoms with Gasteiger partial charge in [0.2, 0.25) is 15.9 Å². The van der Waals surface area contributed by atoms with E-state index in [0.717, 1.165) is 31.5 Å². The van der Waals surface area contributed by atoms with Gasteiger partial charge in [-0.1, -0.05) is 0 Å². The average Bonchev–Trinajstić information content (AvgIpc) is 2.92. The van der Waals surface area contributed by atoms with Gasteiger partial charge in [0, 0.05) is 32.7 Å². The Hall–Kier alpha value is -0.960. The van der Waals surface area contributed by atoms with Crippen LogP contribution < -0.4 is 4.72 Å². The number of sulfonamides is 1. The first-order valence-electron chi connectivity index (χ1n) is 7.28. The topological polar surface area (TPSA) is 69.7 Å². The van der Waals surface area contributed by atoms with Crippen LogP contribution in [0.5, 0.6) is 0 Å². The molecule has 1 aromatic heterocycles. The molecule has 1 aliphatic rings. The number of nitrogens with zero attached hydrogens (tertiary/aromatic N) is 2. The van der Waals surface area contributed by atoms with E-state index in [1.165, 1.54) is 6.26 Å². The summed E-state index contributed by atoms with van der Waals surface area (Å²) in [6, 6.07) is 2.02. The van der Waals surface area contributed by atoms with Crippen LogP contribution in [0.25, 0.3) is 0 Å². The van der Waals surface area contributed by atoms with Gasteiger partial charge in [-0.25, -0.2) is 13.1 Å². The van der Waals surface area contributed by atoms with Gasteiger partial charge >= 0.3 is 0 Å². The van der Waals surface area contributed by atoms with Crippen molar-refractivity contribution in [1.82, 2.24) is 14.5 Å². The van der Waals surface area contributed by atoms with E-state index in [0.29, 0.717) is 13.1 Å². The second-order valence-corrected chi connectivity index (χ2v) is 8.38. The van der Waals surface area contributed by atoms with Crippen LogP contribution in [0, 0.1) is 0 Å². The van der Waals surface area contributed by atoms with Crippen molar-refractivity contribution in [2.24, 2.45) is 0 Å². The SMILES string of the molecule is CN(Cc1ccsc1)C(=O)CN1CCC(NS(C)(=O)=O)CC1. The summed E-state index contributed by atoms with van der Waals surface area (Å²) in [7, 11) is -1.33. The fourth-order valence-corrected chi connectivity index (χ4v) is 4.07. The molecule has 6 nitrogen and oxygen atoms in total. The van der Waals surface area contributed by atoms with E-state index in [2.05, 4.69) is 9.62 Å². The molecule has 1 amide bonds. The Kier molecular flexibility index (Phi) is 5.96. The highest BCUT2D eigenvalue weighted by atomic mass is 32.2. The maximum atomic E-state index is 12.2. The fraction of sp³-hybridized carbons (Fsp3) is 0.643. The molecule has 0 radical (unpaired) electrons. The van der Waals surface area contributed by atoms with Crippen LogP contribution in [-0.4, -0.2) is 63.1 Å². The van der Waals surface area contributed by atoms with Gasteiger partial charge in [0.1, 0.15) is 0 Å². The van der Waals surface area contributed by atoms with E-state index in [4.69, 9.17) is 0 Å². The smallest absolute Gasteiger partial charge is 0.236 e. The van der Waals surface area contributed by atoms with Crippen LogP contribution >= 0.6 is 11.3 Å². The van der Waals surface area contributed by atoms with Gasteiger partial charge < -0.3 is 4.90 Å². The van der Waals surface area contributed by atoms with E-state index < -0.39 is 10.0 Å². The van der Waals surface area contributed by atoms with Gasteiger partial charge in [0.05, 0.1) is 12.8 Å². The minimum Gasteiger partial charge on any atom is -0.340 e. The molecule has 0 spiro atoms. The van der Waals surface area contributed by atoms with E-state index in [1.54, 1.807) is 16.2 Å². The summed E-state index contributed by atoms with van der Waals surface area (Å²) >= 11 is 1.63. The first-order valence-corrected chi connectivity index (χ1v) is 10.1. The number of hydrogen-bond donors (Lipinski definition) is 1. The predicted octanol–water partition coefficient (Wildman–Crippen LogP) is 0.720. The molecule has 0 unspecified atom stereocenters. The van der Waals surface area contributed by atoms with Crippen molar-refractivity contribution in [2.75, 3.05) is 32.9 Å². The molecular weight excluding hydrogens is 322 g/mol. The number of carbonyl (C=O) groups excluding carboxylic acids is 1. The summed E-state index contributed by atoms with van der Waals surface area (Å²) in [5.74, 6) is 0.0979. The van der Waals surface area contributed by atoms with Crippen LogP contribution in [0.2, 0.25) is 0 Å². The third-order valence-corrected chi connectivity index (χ3v) is 5.25. The van der Waals surface area contributed by atoms with E-state index >= 15 is 0 Å². The van der Waals surface area contributed by atoms with Crippen molar-refractivity contribution in [3.8, 4) is 0 Å². The lowest BCUT2D eigenvalue weighted by Gasteiger charge is -2.32. The standard InChI is InChI=1S/C14H23N3O3S2/c1-16(9-12-5-8-21-11-12)14(18)10-17-6-3-13(4-7-17)15-22(2,19)20/h5,8,11,13,15H,3-4,6-7,9-10H2,1-2H3. The molecular formula is C14H23N3O3S2. The van der Waals surface area contributed by atoms with Gasteiger partial charge in [-0.05, 0) is 35.2 Å². The summed E-state index contributed by atoms with van der Waals surface area (Å²) in [6.07, 6.45) is 2.67. The molecule has 0 aromatic carbocycles. The number of nitrogens with one attached hydrogen (secondary N) is 1. The Morgan fingerprint density at radius 1 is 1.45 bits per heavy atom. The van der Waals surface area contributed by atoms with E-state index in [9.17, 15) is 13.2 Å². The molecule has 2 heterocycles. The zero-order chi connectivity index (χ0) is 16.2. The van der Waals surface area contributed by atoms with Crippen LogP contribution in [-0.2, 0) is 21.4 Å². The quantitative estimate of drug-likeness (QED) is 0.825. The highest BCUT2D eigenvalue weighted by molar-refractivity contribution is 7.88. The minimum absolute atomic E-state index is 0.00936. The highest BCUT2D eigenvalue weighted by Crippen LogP contribution is 2.12. The van der Waals surface area contributed by atoms with Crippen molar-refractivity contribution in [3.05, 3.63) is 22.4 Å². The average molecular weight is 345 g/mol. The second kappa shape index (κ2) is 7.54. The van der Waals surface area contributed by atoms with Crippen LogP contribution in [0.15, 0.2) is 16.8 Å². The van der Waals surface area contributed by atoms with Gasteiger partial charge in [0.25, 0.3) is 0 Å². The van der Waals surface area contributed by atoms with Crippen LogP contribution in [0.3, 0.4) is 0 Å². The third-order valence-electron chi connectivity index (χ3n) is 3.75. The second-order valence-electron chi connectivity index (χ2n) is 5.82. The molecule has 0 saturated carbocycles. The number of carbonyl (C=O) groups is 1. The molecule has 2 rings (SSSR count). The zero-order valence-electron chi connectivity index (χ0n) is 13.0. The molecule has 0 atom stereocenters. The van der Waals surface area contributed by atoms with Crippen molar-refractivity contribution < 1.29 is 13.2 Å². The molecule has 1 aromatic rings. The summed E-state index contributed by atoms with van der Waals surface area (Å²) < 4.78 is 25.1. The molecule has 1 saturated heterocycles. The monoisotopic (exact) mass is 345 g/mol. The third kappa shape index (κ3) is 5.68. The number of likely N-dealkylation sites (tertiary alicyclic amines) is 1. The first kappa shape index (κ1) is 17.4. The molecule has 8 heteroatoms. The number of likely N-dealkylation sites (N-methyl/N-ethyl adjacent to an activating group) is 1. The summed E-state index contributed by atoms with van der Waals surface area (Å²) in [5.41, 5.74) is 1.15. The van der Waals surface area contributed by atoms with Crippen LogP contribution in [0.4, 0.5) is 0 Å². The largest absolute Gasteiger partial charge is 0.340 e.